The van der Waals surface area contributed by atoms with Crippen LogP contribution in [0.3, 0.4) is 0 Å². The number of hydrogen-bond donors (Lipinski definition) is 0. The number of nitrogens with zero attached hydrogens (tertiary/aromatic N) is 5. The normalized spacial score (nSPS) is 12.4. The molecule has 0 atom stereocenters. The Kier molecular flexibility index (Phi) is 5.57. The van der Waals surface area contributed by atoms with E-state index in [1.807, 2.05) is 48.5 Å². The van der Waals surface area contributed by atoms with E-state index in [0.717, 1.165) is 46.4 Å². The predicted molar refractivity (Wildman–Crippen MR) is 115 cm³/mol. The van der Waals surface area contributed by atoms with E-state index in [0.29, 0.717) is 24.0 Å². The van der Waals surface area contributed by atoms with Gasteiger partial charge >= 0.3 is 0 Å². The fourth-order valence-electron chi connectivity index (χ4n) is 3.35. The minimum Gasteiger partial charge on any atom is -0.454 e. The molecular weight excluding hydrogens is 414 g/mol. The van der Waals surface area contributed by atoms with Crippen LogP contribution in [0.1, 0.15) is 30.6 Å². The first kappa shape index (κ1) is 19.6. The van der Waals surface area contributed by atoms with Gasteiger partial charge in [-0.05, 0) is 24.1 Å². The molecule has 0 radical (unpaired) electrons. The van der Waals surface area contributed by atoms with Crippen LogP contribution in [0.5, 0.6) is 11.5 Å². The van der Waals surface area contributed by atoms with Crippen molar-refractivity contribution in [2.24, 2.45) is 0 Å². The molecule has 0 aliphatic carbocycles. The fraction of sp³-hybridized carbons (Fsp3) is 0.273. The molecule has 2 aromatic carbocycles. The number of fused-ring (bicyclic) bond motifs is 1. The molecule has 0 N–H and O–H groups in total. The summed E-state index contributed by atoms with van der Waals surface area (Å²) < 4.78 is 18.4. The van der Waals surface area contributed by atoms with E-state index in [4.69, 9.17) is 14.0 Å². The number of aryl methyl sites for hydroxylation is 1. The first-order valence-corrected chi connectivity index (χ1v) is 11.1. The average Bonchev–Trinajstić information content (AvgIpc) is 3.53. The van der Waals surface area contributed by atoms with E-state index in [2.05, 4.69) is 31.8 Å². The van der Waals surface area contributed by atoms with Gasteiger partial charge < -0.3 is 14.0 Å². The number of benzene rings is 2. The summed E-state index contributed by atoms with van der Waals surface area (Å²) in [6.45, 7) is 2.94. The lowest BCUT2D eigenvalue weighted by Crippen LogP contribution is -2.04. The first-order valence-electron chi connectivity index (χ1n) is 10.1. The Morgan fingerprint density at radius 1 is 1.03 bits per heavy atom. The van der Waals surface area contributed by atoms with Crippen molar-refractivity contribution in [3.63, 3.8) is 0 Å². The van der Waals surface area contributed by atoms with E-state index in [1.54, 1.807) is 11.8 Å². The van der Waals surface area contributed by atoms with Crippen LogP contribution in [0.4, 0.5) is 0 Å². The van der Waals surface area contributed by atoms with E-state index in [1.165, 1.54) is 0 Å². The Morgan fingerprint density at radius 3 is 2.77 bits per heavy atom. The van der Waals surface area contributed by atoms with E-state index >= 15 is 0 Å². The predicted octanol–water partition coefficient (Wildman–Crippen LogP) is 4.35. The van der Waals surface area contributed by atoms with Crippen molar-refractivity contribution >= 4 is 11.8 Å². The summed E-state index contributed by atoms with van der Waals surface area (Å²) >= 11 is 1.54. The third-order valence-electron chi connectivity index (χ3n) is 4.83. The van der Waals surface area contributed by atoms with Gasteiger partial charge in [0.1, 0.15) is 0 Å². The Balaban J connectivity index is 1.42. The van der Waals surface area contributed by atoms with Crippen LogP contribution in [0.15, 0.2) is 58.2 Å². The highest BCUT2D eigenvalue weighted by Gasteiger charge is 2.18. The quantitative estimate of drug-likeness (QED) is 0.378. The number of thioether (sulfide) groups is 1. The maximum Gasteiger partial charge on any atom is 0.231 e. The summed E-state index contributed by atoms with van der Waals surface area (Å²) in [4.78, 5) is 4.45. The van der Waals surface area contributed by atoms with E-state index in [9.17, 15) is 0 Å². The molecule has 0 unspecified atom stereocenters. The highest BCUT2D eigenvalue weighted by atomic mass is 32.2. The van der Waals surface area contributed by atoms with Gasteiger partial charge in [0.2, 0.25) is 12.7 Å². The summed E-state index contributed by atoms with van der Waals surface area (Å²) in [7, 11) is 0. The molecule has 0 fully saturated rings. The van der Waals surface area contributed by atoms with Crippen LogP contribution in [0.2, 0.25) is 0 Å². The molecule has 0 spiro atoms. The van der Waals surface area contributed by atoms with Crippen molar-refractivity contribution in [3.05, 3.63) is 65.8 Å². The lowest BCUT2D eigenvalue weighted by molar-refractivity contribution is 0.174. The monoisotopic (exact) mass is 435 g/mol. The molecule has 8 nitrogen and oxygen atoms in total. The number of hydrogen-bond acceptors (Lipinski definition) is 8. The van der Waals surface area contributed by atoms with Gasteiger partial charge in [-0.15, -0.1) is 10.2 Å². The van der Waals surface area contributed by atoms with Crippen molar-refractivity contribution in [2.75, 3.05) is 6.79 Å². The molecule has 158 valence electrons. The van der Waals surface area contributed by atoms with Crippen LogP contribution in [0, 0.1) is 0 Å². The van der Waals surface area contributed by atoms with Gasteiger partial charge in [-0.3, -0.25) is 4.57 Å². The Morgan fingerprint density at radius 2 is 1.90 bits per heavy atom. The number of rotatable bonds is 8. The molecule has 3 heterocycles. The molecule has 9 heteroatoms. The molecule has 4 aromatic rings. The van der Waals surface area contributed by atoms with Gasteiger partial charge in [-0.2, -0.15) is 4.98 Å². The molecule has 2 aromatic heterocycles. The second-order valence-electron chi connectivity index (χ2n) is 7.09. The van der Waals surface area contributed by atoms with Gasteiger partial charge in [0.05, 0.1) is 12.3 Å². The lowest BCUT2D eigenvalue weighted by atomic mass is 10.2. The first-order chi connectivity index (χ1) is 15.3. The molecule has 0 amide bonds. The number of aromatic nitrogens is 5. The van der Waals surface area contributed by atoms with Gasteiger partial charge in [-0.1, -0.05) is 60.2 Å². The van der Waals surface area contributed by atoms with Gasteiger partial charge in [0, 0.05) is 12.0 Å². The largest absolute Gasteiger partial charge is 0.454 e. The van der Waals surface area contributed by atoms with Crippen molar-refractivity contribution in [2.45, 2.75) is 37.2 Å². The molecule has 0 saturated heterocycles. The summed E-state index contributed by atoms with van der Waals surface area (Å²) in [6, 6.07) is 16.0. The van der Waals surface area contributed by atoms with Crippen LogP contribution in [-0.2, 0) is 18.7 Å². The average molecular weight is 436 g/mol. The highest BCUT2D eigenvalue weighted by molar-refractivity contribution is 7.98. The summed E-state index contributed by atoms with van der Waals surface area (Å²) in [5.41, 5.74) is 2.08. The van der Waals surface area contributed by atoms with E-state index < -0.39 is 0 Å². The maximum atomic E-state index is 5.54. The summed E-state index contributed by atoms with van der Waals surface area (Å²) in [5, 5.41) is 13.8. The lowest BCUT2D eigenvalue weighted by Gasteiger charge is -2.11. The van der Waals surface area contributed by atoms with Crippen LogP contribution in [0.25, 0.3) is 11.4 Å². The zero-order chi connectivity index (χ0) is 21.0. The fourth-order valence-corrected chi connectivity index (χ4v) is 4.13. The molecule has 0 saturated carbocycles. The minimum atomic E-state index is 0.256. The van der Waals surface area contributed by atoms with Crippen LogP contribution >= 0.6 is 11.8 Å². The molecular formula is C22H21N5O3S. The van der Waals surface area contributed by atoms with Gasteiger partial charge in [-0.25, -0.2) is 0 Å². The van der Waals surface area contributed by atoms with Crippen LogP contribution in [-0.4, -0.2) is 31.7 Å². The molecule has 0 bridgehead atoms. The second-order valence-corrected chi connectivity index (χ2v) is 8.03. The Hall–Kier alpha value is -3.33. The standard InChI is InChI=1S/C22H21N5O3S/c1-2-6-20-23-19(26-30-20)13-31-22-25-24-21(16-7-4-3-5-8-16)27(22)12-15-9-10-17-18(11-15)29-14-28-17/h3-5,7-11H,2,6,12-14H2,1H3. The van der Waals surface area contributed by atoms with Gasteiger partial charge in [0.15, 0.2) is 28.3 Å². The maximum absolute atomic E-state index is 5.54. The summed E-state index contributed by atoms with van der Waals surface area (Å²) in [6.07, 6.45) is 1.76. The molecule has 1 aliphatic rings. The third-order valence-corrected chi connectivity index (χ3v) is 5.79. The van der Waals surface area contributed by atoms with Crippen molar-refractivity contribution < 1.29 is 14.0 Å². The zero-order valence-corrected chi connectivity index (χ0v) is 17.8. The second kappa shape index (κ2) is 8.81. The van der Waals surface area contributed by atoms with Crippen molar-refractivity contribution in [1.29, 1.82) is 0 Å². The number of ether oxygens (including phenoxy) is 2. The third kappa shape index (κ3) is 4.27. The highest BCUT2D eigenvalue weighted by Crippen LogP contribution is 2.34. The zero-order valence-electron chi connectivity index (χ0n) is 17.0. The van der Waals surface area contributed by atoms with Crippen molar-refractivity contribution in [1.82, 2.24) is 24.9 Å². The Bertz CT molecular complexity index is 1180. The SMILES string of the molecule is CCCc1nc(CSc2nnc(-c3ccccc3)n2Cc2ccc3c(c2)OCO3)no1. The van der Waals surface area contributed by atoms with Gasteiger partial charge in [0.25, 0.3) is 0 Å². The Labute approximate surface area is 183 Å². The molecule has 5 rings (SSSR count). The smallest absolute Gasteiger partial charge is 0.231 e. The van der Waals surface area contributed by atoms with Crippen LogP contribution < -0.4 is 9.47 Å². The minimum absolute atomic E-state index is 0.256. The topological polar surface area (TPSA) is 88.1 Å². The summed E-state index contributed by atoms with van der Waals surface area (Å²) in [5.74, 6) is 4.22. The molecule has 31 heavy (non-hydrogen) atoms. The molecule has 1 aliphatic heterocycles. The van der Waals surface area contributed by atoms with E-state index in [-0.39, 0.29) is 6.79 Å². The van der Waals surface area contributed by atoms with Crippen molar-refractivity contribution in [3.8, 4) is 22.9 Å².